The smallest absolute Gasteiger partial charge is 0.272 e. The number of benzene rings is 2. The molecular formula is C52H62Cl2N10O8S. The second-order valence-electron chi connectivity index (χ2n) is 18.1. The molecule has 2 amide bonds. The molecule has 5 aromatic rings. The zero-order valence-corrected chi connectivity index (χ0v) is 43.8. The van der Waals surface area contributed by atoms with Gasteiger partial charge in [-0.05, 0) is 101 Å². The summed E-state index contributed by atoms with van der Waals surface area (Å²) in [6.45, 7) is 11.9. The number of carbonyl (C=O) groups is 2. The van der Waals surface area contributed by atoms with Crippen LogP contribution in [0.1, 0.15) is 100 Å². The minimum absolute atomic E-state index is 0.0197. The van der Waals surface area contributed by atoms with Crippen LogP contribution >= 0.6 is 34.5 Å². The van der Waals surface area contributed by atoms with Crippen molar-refractivity contribution >= 4 is 57.9 Å². The molecule has 2 aliphatic heterocycles. The molecule has 1 saturated carbocycles. The zero-order valence-electron chi connectivity index (χ0n) is 41.4. The number of aromatic nitrogens is 5. The molecule has 388 valence electrons. The van der Waals surface area contributed by atoms with E-state index in [1.165, 1.54) is 4.88 Å². The lowest BCUT2D eigenvalue weighted by molar-refractivity contribution is -0.121. The number of piperidine rings is 1. The lowest BCUT2D eigenvalue weighted by Gasteiger charge is -2.32. The van der Waals surface area contributed by atoms with Crippen molar-refractivity contribution in [2.75, 3.05) is 84.0 Å². The van der Waals surface area contributed by atoms with Gasteiger partial charge in [-0.1, -0.05) is 35.3 Å². The number of carbonyl (C=O) groups excluding carboxylic acids is 2. The Kier molecular flexibility index (Phi) is 19.6. The summed E-state index contributed by atoms with van der Waals surface area (Å²) in [6, 6.07) is 17.8. The van der Waals surface area contributed by atoms with E-state index < -0.39 is 6.04 Å². The molecule has 2 fully saturated rings. The molecule has 21 heteroatoms. The number of hydrogen-bond acceptors (Lipinski definition) is 16. The highest BCUT2D eigenvalue weighted by molar-refractivity contribution is 7.15. The monoisotopic (exact) mass is 1060 g/mol. The maximum Gasteiger partial charge on any atom is 0.272 e. The summed E-state index contributed by atoms with van der Waals surface area (Å²) < 4.78 is 36.8. The van der Waals surface area contributed by atoms with Crippen LogP contribution in [-0.4, -0.2) is 140 Å². The molecule has 1 saturated heterocycles. The van der Waals surface area contributed by atoms with E-state index in [1.807, 2.05) is 41.8 Å². The van der Waals surface area contributed by atoms with E-state index in [0.29, 0.717) is 98.9 Å². The van der Waals surface area contributed by atoms with Gasteiger partial charge in [0.05, 0.1) is 94.4 Å². The van der Waals surface area contributed by atoms with Gasteiger partial charge in [-0.3, -0.25) is 19.1 Å². The number of nitrogens with zero attached hydrogens (tertiary/aromatic N) is 8. The number of nitriles is 1. The van der Waals surface area contributed by atoms with Gasteiger partial charge in [0.15, 0.2) is 17.3 Å². The van der Waals surface area contributed by atoms with E-state index in [4.69, 9.17) is 61.9 Å². The second kappa shape index (κ2) is 26.6. The molecule has 2 N–H and O–H groups in total. The molecule has 2 aromatic carbocycles. The Labute approximate surface area is 439 Å². The molecule has 1 unspecified atom stereocenters. The van der Waals surface area contributed by atoms with Crippen molar-refractivity contribution in [3.63, 3.8) is 0 Å². The average Bonchev–Trinajstić information content (AvgIpc) is 3.88. The number of aliphatic imine (C=N–C) groups is 1. The van der Waals surface area contributed by atoms with Crippen LogP contribution in [0, 0.1) is 32.1 Å². The van der Waals surface area contributed by atoms with E-state index in [9.17, 15) is 9.59 Å². The highest BCUT2D eigenvalue weighted by Gasteiger charge is 2.33. The van der Waals surface area contributed by atoms with Crippen LogP contribution in [0.2, 0.25) is 10.0 Å². The highest BCUT2D eigenvalue weighted by atomic mass is 35.5. The summed E-state index contributed by atoms with van der Waals surface area (Å²) in [6.07, 6.45) is 5.12. The fourth-order valence-corrected chi connectivity index (χ4v) is 10.5. The van der Waals surface area contributed by atoms with Gasteiger partial charge in [0.2, 0.25) is 5.91 Å². The Hall–Kier alpha value is -5.56. The maximum atomic E-state index is 13.2. The van der Waals surface area contributed by atoms with Gasteiger partial charge in [0, 0.05) is 52.8 Å². The Morgan fingerprint density at radius 2 is 1.47 bits per heavy atom. The minimum Gasteiger partial charge on any atom is -0.490 e. The van der Waals surface area contributed by atoms with E-state index in [2.05, 4.69) is 55.8 Å². The van der Waals surface area contributed by atoms with Crippen molar-refractivity contribution in [3.8, 4) is 16.8 Å². The molecule has 3 aliphatic rings. The first-order valence-corrected chi connectivity index (χ1v) is 26.4. The van der Waals surface area contributed by atoms with Crippen molar-refractivity contribution < 1.29 is 38.0 Å². The summed E-state index contributed by atoms with van der Waals surface area (Å²) >= 11 is 14.1. The van der Waals surface area contributed by atoms with Gasteiger partial charge in [-0.2, -0.15) is 5.26 Å². The summed E-state index contributed by atoms with van der Waals surface area (Å²) in [4.78, 5) is 34.7. The molecule has 18 nitrogen and oxygen atoms in total. The third kappa shape index (κ3) is 14.6. The van der Waals surface area contributed by atoms with E-state index >= 15 is 0 Å². The normalized spacial score (nSPS) is 17.8. The topological polar surface area (TPSA) is 209 Å². The van der Waals surface area contributed by atoms with Gasteiger partial charge >= 0.3 is 0 Å². The molecule has 3 aromatic heterocycles. The molecule has 0 spiro atoms. The van der Waals surface area contributed by atoms with Crippen LogP contribution < -0.4 is 20.3 Å². The zero-order chi connectivity index (χ0) is 51.1. The number of hydrogen-bond donors (Lipinski definition) is 2. The average molecular weight is 1060 g/mol. The largest absolute Gasteiger partial charge is 0.490 e. The molecule has 1 aliphatic carbocycles. The molecule has 73 heavy (non-hydrogen) atoms. The van der Waals surface area contributed by atoms with Gasteiger partial charge < -0.3 is 44.0 Å². The maximum absolute atomic E-state index is 13.2. The van der Waals surface area contributed by atoms with Crippen molar-refractivity contribution in [2.45, 2.75) is 90.0 Å². The Morgan fingerprint density at radius 3 is 2.12 bits per heavy atom. The lowest BCUT2D eigenvalue weighted by Crippen LogP contribution is -2.40. The van der Waals surface area contributed by atoms with Gasteiger partial charge in [0.25, 0.3) is 5.91 Å². The van der Waals surface area contributed by atoms with Crippen LogP contribution in [0.15, 0.2) is 59.6 Å². The molecule has 0 bridgehead atoms. The highest BCUT2D eigenvalue weighted by Crippen LogP contribution is 2.40. The number of thiophene rings is 1. The first-order chi connectivity index (χ1) is 35.5. The van der Waals surface area contributed by atoms with Crippen LogP contribution in [0.25, 0.3) is 5.00 Å². The van der Waals surface area contributed by atoms with Crippen LogP contribution in [0.4, 0.5) is 5.82 Å². The Morgan fingerprint density at radius 1 is 0.781 bits per heavy atom. The number of nitrogens with one attached hydrogen (secondary N) is 2. The predicted octanol–water partition coefficient (Wildman–Crippen LogP) is 7.49. The quantitative estimate of drug-likeness (QED) is 0.0574. The number of fused-ring (bicyclic) bond motifs is 3. The SMILES string of the molecule is Cc1sc2c(c1C)C(c1ccc(Cl)cc1)=NC(CC(=O)NCCOCCOCCOCCOCCOC1CCN(c3ccc(C(=O)NC4CCC(Oc5ccc(C#N)c(Cl)c5)CC4)nn3)CC1)c1nnc(C)n1-2. The predicted molar refractivity (Wildman–Crippen MR) is 278 cm³/mol. The molecule has 1 atom stereocenters. The lowest BCUT2D eigenvalue weighted by atomic mass is 9.93. The summed E-state index contributed by atoms with van der Waals surface area (Å²) in [7, 11) is 0. The Balaban J connectivity index is 0.616. The number of halogens is 2. The van der Waals surface area contributed by atoms with E-state index in [1.54, 1.807) is 35.6 Å². The first-order valence-electron chi connectivity index (χ1n) is 24.9. The van der Waals surface area contributed by atoms with Crippen molar-refractivity contribution in [3.05, 3.63) is 109 Å². The summed E-state index contributed by atoms with van der Waals surface area (Å²) in [5, 5.41) is 34.6. The van der Waals surface area contributed by atoms with E-state index in [0.717, 1.165) is 90.7 Å². The van der Waals surface area contributed by atoms with Gasteiger partial charge in [-0.25, -0.2) is 0 Å². The number of amides is 2. The van der Waals surface area contributed by atoms with Crippen LogP contribution in [-0.2, 0) is 28.5 Å². The number of rotatable bonds is 24. The van der Waals surface area contributed by atoms with Crippen LogP contribution in [0.3, 0.4) is 0 Å². The van der Waals surface area contributed by atoms with Crippen molar-refractivity contribution in [1.82, 2.24) is 35.6 Å². The molecular weight excluding hydrogens is 996 g/mol. The fourth-order valence-electron chi connectivity index (χ4n) is 8.98. The third-order valence-electron chi connectivity index (χ3n) is 13.0. The standard InChI is InChI=1S/C52H62Cl2N10O8S/c1-33-34(2)73-52-48(33)49(36-4-7-38(53)8-5-36)58-45(50-62-59-35(3)64(50)52)31-47(65)56-18-21-67-22-23-68-24-25-69-26-27-70-28-29-71-40-16-19-63(20-17-40)46-15-14-44(60-61-46)51(66)57-39-9-12-41(13-10-39)72-42-11-6-37(32-55)43(54)30-42/h4-8,11,14-15,30,39-41,45H,9-10,12-13,16-29,31H2,1-3H3,(H,56,65)(H,57,66). The second-order valence-corrected chi connectivity index (χ2v) is 20.1. The van der Waals surface area contributed by atoms with Gasteiger partial charge in [-0.15, -0.1) is 31.7 Å². The fraction of sp³-hybridized carbons (Fsp3) is 0.500. The van der Waals surface area contributed by atoms with E-state index in [-0.39, 0.29) is 36.5 Å². The van der Waals surface area contributed by atoms with Crippen LogP contribution in [0.5, 0.6) is 5.75 Å². The van der Waals surface area contributed by atoms with Crippen molar-refractivity contribution in [1.29, 1.82) is 5.26 Å². The number of aryl methyl sites for hydroxylation is 2. The summed E-state index contributed by atoms with van der Waals surface area (Å²) in [5.41, 5.74) is 4.59. The number of anilines is 1. The third-order valence-corrected chi connectivity index (χ3v) is 14.8. The van der Waals surface area contributed by atoms with Gasteiger partial charge in [0.1, 0.15) is 28.7 Å². The Bertz CT molecular complexity index is 2700. The molecule has 8 rings (SSSR count). The minimum atomic E-state index is -0.542. The summed E-state index contributed by atoms with van der Waals surface area (Å²) in [5.74, 6) is 2.36. The van der Waals surface area contributed by atoms with Crippen molar-refractivity contribution in [2.24, 2.45) is 4.99 Å². The molecule has 0 radical (unpaired) electrons. The molecule has 5 heterocycles. The first kappa shape index (κ1) is 53.7. The number of ether oxygens (including phenoxy) is 6.